The van der Waals surface area contributed by atoms with Crippen LogP contribution in [-0.2, 0) is 16.4 Å². The first-order chi connectivity index (χ1) is 11.9. The molecule has 0 saturated heterocycles. The van der Waals surface area contributed by atoms with Gasteiger partial charge in [-0.25, -0.2) is 13.1 Å². The van der Waals surface area contributed by atoms with Gasteiger partial charge in [0.1, 0.15) is 10.6 Å². The van der Waals surface area contributed by atoms with E-state index in [1.54, 1.807) is 6.07 Å². The van der Waals surface area contributed by atoms with Gasteiger partial charge in [0.2, 0.25) is 10.0 Å². The molecule has 0 amide bonds. The molecular formula is C19H25ClN2O3S. The Morgan fingerprint density at radius 3 is 2.69 bits per heavy atom. The van der Waals surface area contributed by atoms with Crippen molar-refractivity contribution in [3.8, 4) is 5.75 Å². The summed E-state index contributed by atoms with van der Waals surface area (Å²) < 4.78 is 33.8. The first-order valence-electron chi connectivity index (χ1n) is 8.38. The highest BCUT2D eigenvalue weighted by atomic mass is 35.5. The van der Waals surface area contributed by atoms with Gasteiger partial charge in [0.15, 0.2) is 0 Å². The molecule has 0 spiro atoms. The van der Waals surface area contributed by atoms with Crippen LogP contribution in [0.25, 0.3) is 0 Å². The number of rotatable bonds is 5. The Morgan fingerprint density at radius 2 is 1.96 bits per heavy atom. The minimum atomic E-state index is -3.66. The number of halogens is 1. The highest BCUT2D eigenvalue weighted by molar-refractivity contribution is 7.89. The van der Waals surface area contributed by atoms with Gasteiger partial charge in [-0.3, -0.25) is 0 Å². The lowest BCUT2D eigenvalue weighted by Gasteiger charge is -2.27. The number of benzene rings is 2. The topological polar surface area (TPSA) is 67.4 Å². The first kappa shape index (κ1) is 20.7. The van der Waals surface area contributed by atoms with Gasteiger partial charge in [-0.15, -0.1) is 12.4 Å². The Bertz CT molecular complexity index is 884. The molecule has 0 bridgehead atoms. The van der Waals surface area contributed by atoms with Gasteiger partial charge in [-0.2, -0.15) is 0 Å². The van der Waals surface area contributed by atoms with Gasteiger partial charge in [-0.05, 0) is 55.1 Å². The van der Waals surface area contributed by atoms with Crippen LogP contribution >= 0.6 is 12.4 Å². The van der Waals surface area contributed by atoms with E-state index in [-0.39, 0.29) is 23.3 Å². The van der Waals surface area contributed by atoms with Crippen molar-refractivity contribution < 1.29 is 13.2 Å². The zero-order chi connectivity index (χ0) is 18.0. The monoisotopic (exact) mass is 396 g/mol. The van der Waals surface area contributed by atoms with Gasteiger partial charge in [0, 0.05) is 12.6 Å². The maximum atomic E-state index is 12.9. The molecule has 1 heterocycles. The van der Waals surface area contributed by atoms with Crippen molar-refractivity contribution in [2.24, 2.45) is 0 Å². The summed E-state index contributed by atoms with van der Waals surface area (Å²) in [7, 11) is -2.17. The number of ether oxygens (including phenoxy) is 1. The van der Waals surface area contributed by atoms with Crippen LogP contribution in [0.3, 0.4) is 0 Å². The van der Waals surface area contributed by atoms with Crippen molar-refractivity contribution in [2.45, 2.75) is 31.2 Å². The van der Waals surface area contributed by atoms with Gasteiger partial charge < -0.3 is 10.1 Å². The van der Waals surface area contributed by atoms with Crippen molar-refractivity contribution in [3.63, 3.8) is 0 Å². The highest BCUT2D eigenvalue weighted by Crippen LogP contribution is 2.29. The molecule has 1 unspecified atom stereocenters. The van der Waals surface area contributed by atoms with Crippen LogP contribution in [0.15, 0.2) is 41.3 Å². The number of fused-ring (bicyclic) bond motifs is 1. The van der Waals surface area contributed by atoms with E-state index in [4.69, 9.17) is 4.74 Å². The Labute approximate surface area is 161 Å². The van der Waals surface area contributed by atoms with E-state index in [9.17, 15) is 8.42 Å². The molecule has 7 heteroatoms. The van der Waals surface area contributed by atoms with E-state index >= 15 is 0 Å². The summed E-state index contributed by atoms with van der Waals surface area (Å²) in [5.74, 6) is 0.398. The fourth-order valence-electron chi connectivity index (χ4n) is 3.42. The summed E-state index contributed by atoms with van der Waals surface area (Å²) in [5.41, 5.74) is 4.13. The lowest BCUT2D eigenvalue weighted by Crippen LogP contribution is -2.38. The van der Waals surface area contributed by atoms with E-state index < -0.39 is 10.0 Å². The molecule has 3 rings (SSSR count). The largest absolute Gasteiger partial charge is 0.495 e. The third-order valence-electron chi connectivity index (χ3n) is 4.57. The highest BCUT2D eigenvalue weighted by Gasteiger charge is 2.25. The lowest BCUT2D eigenvalue weighted by molar-refractivity contribution is 0.398. The Morgan fingerprint density at radius 1 is 1.23 bits per heavy atom. The van der Waals surface area contributed by atoms with E-state index in [2.05, 4.69) is 22.2 Å². The third-order valence-corrected chi connectivity index (χ3v) is 6.00. The normalized spacial score (nSPS) is 16.5. The zero-order valence-electron chi connectivity index (χ0n) is 15.2. The molecule has 0 aromatic heterocycles. The maximum Gasteiger partial charge on any atom is 0.244 e. The molecule has 26 heavy (non-hydrogen) atoms. The van der Waals surface area contributed by atoms with Gasteiger partial charge in [0.05, 0.1) is 7.11 Å². The number of nitrogens with one attached hydrogen (secondary N) is 2. The lowest BCUT2D eigenvalue weighted by atomic mass is 9.95. The van der Waals surface area contributed by atoms with Crippen molar-refractivity contribution >= 4 is 22.4 Å². The van der Waals surface area contributed by atoms with Crippen LogP contribution in [-0.4, -0.2) is 28.6 Å². The number of methoxy groups -OCH3 is 1. The van der Waals surface area contributed by atoms with Crippen molar-refractivity contribution in [1.82, 2.24) is 10.0 Å². The Kier molecular flexibility index (Phi) is 6.69. The minimum absolute atomic E-state index is 0. The van der Waals surface area contributed by atoms with Crippen LogP contribution in [0.5, 0.6) is 5.75 Å². The van der Waals surface area contributed by atoms with E-state index in [1.165, 1.54) is 12.7 Å². The fraction of sp³-hybridized carbons (Fsp3) is 0.368. The SMILES string of the molecule is COc1c(C)cc(C)cc1S(=O)(=O)NCC1NCCc2ccccc21.Cl. The molecule has 0 aliphatic carbocycles. The van der Waals surface area contributed by atoms with Crippen LogP contribution in [0.2, 0.25) is 0 Å². The predicted molar refractivity (Wildman–Crippen MR) is 106 cm³/mol. The van der Waals surface area contributed by atoms with Gasteiger partial charge >= 0.3 is 0 Å². The van der Waals surface area contributed by atoms with Crippen molar-refractivity contribution in [3.05, 3.63) is 58.7 Å². The number of sulfonamides is 1. The summed E-state index contributed by atoms with van der Waals surface area (Å²) in [4.78, 5) is 0.191. The summed E-state index contributed by atoms with van der Waals surface area (Å²) in [5, 5.41) is 3.39. The molecule has 5 nitrogen and oxygen atoms in total. The summed E-state index contributed by atoms with van der Waals surface area (Å²) in [6, 6.07) is 11.7. The van der Waals surface area contributed by atoms with E-state index in [0.717, 1.165) is 29.7 Å². The second-order valence-corrected chi connectivity index (χ2v) is 8.16. The molecule has 0 fully saturated rings. The Hall–Kier alpha value is -1.60. The maximum absolute atomic E-state index is 12.9. The summed E-state index contributed by atoms with van der Waals surface area (Å²) >= 11 is 0. The predicted octanol–water partition coefficient (Wildman–Crippen LogP) is 2.90. The fourth-order valence-corrected chi connectivity index (χ4v) is 4.79. The average molecular weight is 397 g/mol. The van der Waals surface area contributed by atoms with Gasteiger partial charge in [-0.1, -0.05) is 30.3 Å². The average Bonchev–Trinajstić information content (AvgIpc) is 2.59. The third kappa shape index (κ3) is 4.20. The zero-order valence-corrected chi connectivity index (χ0v) is 16.8. The number of aryl methyl sites for hydroxylation is 2. The van der Waals surface area contributed by atoms with Crippen molar-refractivity contribution in [1.29, 1.82) is 0 Å². The van der Waals surface area contributed by atoms with E-state index in [1.807, 2.05) is 32.0 Å². The molecule has 2 N–H and O–H groups in total. The molecular weight excluding hydrogens is 372 g/mol. The summed E-state index contributed by atoms with van der Waals surface area (Å²) in [6.45, 7) is 4.87. The molecule has 1 atom stereocenters. The standard InChI is InChI=1S/C19H24N2O3S.ClH/c1-13-10-14(2)19(24-3)18(11-13)25(22,23)21-12-17-16-7-5-4-6-15(16)8-9-20-17;/h4-7,10-11,17,20-21H,8-9,12H2,1-3H3;1H. The van der Waals surface area contributed by atoms with Crippen LogP contribution in [0, 0.1) is 13.8 Å². The van der Waals surface area contributed by atoms with Crippen LogP contribution in [0.4, 0.5) is 0 Å². The second kappa shape index (κ2) is 8.39. The molecule has 2 aromatic carbocycles. The first-order valence-corrected chi connectivity index (χ1v) is 9.87. The second-order valence-electron chi connectivity index (χ2n) is 6.42. The molecule has 142 valence electrons. The number of hydrogen-bond donors (Lipinski definition) is 2. The van der Waals surface area contributed by atoms with Crippen molar-refractivity contribution in [2.75, 3.05) is 20.2 Å². The van der Waals surface area contributed by atoms with E-state index in [0.29, 0.717) is 12.3 Å². The van der Waals surface area contributed by atoms with Crippen LogP contribution in [0.1, 0.15) is 28.3 Å². The molecule has 0 radical (unpaired) electrons. The molecule has 0 saturated carbocycles. The summed E-state index contributed by atoms with van der Waals surface area (Å²) in [6.07, 6.45) is 0.963. The molecule has 1 aliphatic rings. The molecule has 2 aromatic rings. The quantitative estimate of drug-likeness (QED) is 0.815. The Balaban J connectivity index is 0.00000243. The minimum Gasteiger partial charge on any atom is -0.495 e. The van der Waals surface area contributed by atoms with Crippen LogP contribution < -0.4 is 14.8 Å². The number of hydrogen-bond acceptors (Lipinski definition) is 4. The smallest absolute Gasteiger partial charge is 0.244 e. The van der Waals surface area contributed by atoms with Gasteiger partial charge in [0.25, 0.3) is 0 Å². The molecule has 1 aliphatic heterocycles.